The Bertz CT molecular complexity index is 4500. The smallest absolute Gasteiger partial charge is 0.410 e. The number of carboxylic acids is 1. The first-order valence-corrected chi connectivity index (χ1v) is 43.3. The maximum absolute atomic E-state index is 12.4. The molecule has 0 bridgehead atoms. The van der Waals surface area contributed by atoms with E-state index in [4.69, 9.17) is 86.4 Å². The number of aliphatic carboxylic acids is 1. The average molecular weight is 1770 g/mol. The van der Waals surface area contributed by atoms with Crippen molar-refractivity contribution in [3.63, 3.8) is 0 Å². The SMILES string of the molecule is CCOC(=O)C=CC1(c2ccc(Cl)c(C)c2)CCN(C(=O)OC(C)(C)C)CC1.Cc1cc(C2(C#N)CCN(C(=O)OC(C)(C)C)CC2)ccc1Cl.Cc1cc(C2(C(=O)O)CCN(C(=O)OC(C)(C)C)CC2)ccc1Cl.Cc1cc(C2(C=O)CCN(C(=O)OC(C)(C)C)CC2)ccc1Cl.Cc1cc(C2(CO)CCN(C(=O)OC(C)(C)C)CC2)ccc1Cl. The zero-order valence-corrected chi connectivity index (χ0v) is 78.4. The zero-order chi connectivity index (χ0) is 90.8. The summed E-state index contributed by atoms with van der Waals surface area (Å²) in [5.41, 5.74) is 4.25. The number of hydrogen-bond acceptors (Lipinski definition) is 16. The molecule has 0 atom stereocenters. The molecule has 10 rings (SSSR count). The molecule has 664 valence electrons. The number of aryl methyl sites for hydroxylation is 5. The topological polar surface area (TPSA) is 272 Å². The number of aliphatic hydroxyl groups excluding tert-OH is 1. The molecule has 5 amide bonds. The highest BCUT2D eigenvalue weighted by Crippen LogP contribution is 2.44. The fourth-order valence-electron chi connectivity index (χ4n) is 14.9. The van der Waals surface area contributed by atoms with Gasteiger partial charge in [-0.3, -0.25) is 4.79 Å². The lowest BCUT2D eigenvalue weighted by Gasteiger charge is -2.41. The summed E-state index contributed by atoms with van der Waals surface area (Å²) in [7, 11) is 0. The predicted octanol–water partition coefficient (Wildman–Crippen LogP) is 21.5. The number of aliphatic hydroxyl groups is 1. The van der Waals surface area contributed by atoms with E-state index in [1.165, 1.54) is 6.08 Å². The van der Waals surface area contributed by atoms with Gasteiger partial charge in [0, 0.05) is 107 Å². The molecule has 27 heteroatoms. The minimum atomic E-state index is -0.992. The van der Waals surface area contributed by atoms with E-state index in [-0.39, 0.29) is 47.8 Å². The van der Waals surface area contributed by atoms with E-state index >= 15 is 0 Å². The number of aldehydes is 1. The Morgan fingerprint density at radius 1 is 0.405 bits per heavy atom. The summed E-state index contributed by atoms with van der Waals surface area (Å²) >= 11 is 30.5. The van der Waals surface area contributed by atoms with Crippen molar-refractivity contribution in [2.75, 3.05) is 78.7 Å². The van der Waals surface area contributed by atoms with E-state index < -0.39 is 56.3 Å². The molecule has 5 heterocycles. The van der Waals surface area contributed by atoms with Crippen molar-refractivity contribution < 1.29 is 77.0 Å². The number of ether oxygens (including phenoxy) is 6. The number of likely N-dealkylation sites (tertiary alicyclic amines) is 5. The van der Waals surface area contributed by atoms with Crippen LogP contribution in [0.1, 0.15) is 231 Å². The van der Waals surface area contributed by atoms with Crippen molar-refractivity contribution in [2.24, 2.45) is 0 Å². The third kappa shape index (κ3) is 28.9. The van der Waals surface area contributed by atoms with Crippen LogP contribution >= 0.6 is 58.0 Å². The summed E-state index contributed by atoms with van der Waals surface area (Å²) in [6, 6.07) is 31.1. The van der Waals surface area contributed by atoms with E-state index in [2.05, 4.69) is 12.1 Å². The minimum Gasteiger partial charge on any atom is -0.481 e. The van der Waals surface area contributed by atoms with Gasteiger partial charge in [0.1, 0.15) is 34.3 Å². The quantitative estimate of drug-likeness (QED) is 0.0538. The number of allylic oxidation sites excluding steroid dienone is 1. The number of benzene rings is 5. The summed E-state index contributed by atoms with van der Waals surface area (Å²) in [6.45, 7) is 44.6. The standard InChI is InChI=1S/C22H30ClNO4.C18H23ClN2O2.C18H24ClNO4.C18H26ClNO3.C18H24ClNO3/c1-6-27-19(25)9-10-22(17-7-8-18(23)16(2)15-17)11-13-24(14-12-22)20(26)28-21(3,4)5;1-13-11-14(5-6-15(13)19)18(12-20)7-9-21(10-8-18)16(22)23-17(2,3)4;1-12-11-13(5-6-14(12)19)18(15(21)22)7-9-20(10-8-18)16(23)24-17(2,3)4;2*1-13-11-14(5-6-15(13)19)18(12-21)7-9-20(10-8-18)16(22)23-17(2,3)4/h7-10,15H,6,11-14H2,1-5H3;5-6,11H,7-10H2,1-4H3;5-6,11H,7-10H2,1-4H3,(H,21,22);5-6,11,21H,7-10,12H2,1-4H3;5-6,11-12H,7-10H2,1-4H3. The van der Waals surface area contributed by atoms with Gasteiger partial charge in [0.2, 0.25) is 0 Å². The van der Waals surface area contributed by atoms with E-state index in [1.807, 2.05) is 217 Å². The molecule has 0 spiro atoms. The van der Waals surface area contributed by atoms with Crippen molar-refractivity contribution in [3.05, 3.63) is 184 Å². The van der Waals surface area contributed by atoms with Crippen molar-refractivity contribution in [1.29, 1.82) is 5.26 Å². The molecule has 0 aromatic heterocycles. The molecular formula is C94H127Cl5N6O16. The molecule has 121 heavy (non-hydrogen) atoms. The second kappa shape index (κ2) is 42.4. The molecule has 5 aliphatic rings. The average Bonchev–Trinajstić information content (AvgIpc) is 0.773. The van der Waals surface area contributed by atoms with Crippen LogP contribution in [0.3, 0.4) is 0 Å². The van der Waals surface area contributed by atoms with E-state index in [1.54, 1.807) is 43.6 Å². The summed E-state index contributed by atoms with van der Waals surface area (Å²) in [5, 5.41) is 33.0. The first kappa shape index (κ1) is 102. The van der Waals surface area contributed by atoms with Gasteiger partial charge in [-0.05, 0) is 296 Å². The number of esters is 1. The number of carbonyl (C=O) groups is 8. The number of nitriles is 1. The van der Waals surface area contributed by atoms with Crippen LogP contribution in [-0.4, -0.2) is 190 Å². The molecule has 0 unspecified atom stereocenters. The Morgan fingerprint density at radius 2 is 0.669 bits per heavy atom. The Hall–Kier alpha value is -8.30. The highest BCUT2D eigenvalue weighted by molar-refractivity contribution is 6.32. The second-order valence-corrected chi connectivity index (χ2v) is 39.2. The summed E-state index contributed by atoms with van der Waals surface area (Å²) < 4.78 is 32.1. The lowest BCUT2D eigenvalue weighted by molar-refractivity contribution is -0.146. The molecule has 22 nitrogen and oxygen atoms in total. The highest BCUT2D eigenvalue weighted by atomic mass is 35.5. The number of piperidine rings is 5. The van der Waals surface area contributed by atoms with Crippen LogP contribution in [0.25, 0.3) is 0 Å². The normalized spacial score (nSPS) is 17.5. The zero-order valence-electron chi connectivity index (χ0n) is 74.6. The molecule has 5 aliphatic heterocycles. The van der Waals surface area contributed by atoms with Gasteiger partial charge < -0.3 is 67.9 Å². The first-order chi connectivity index (χ1) is 56.1. The van der Waals surface area contributed by atoms with E-state index in [9.17, 15) is 53.8 Å². The number of halogens is 5. The number of carbonyl (C=O) groups excluding carboxylic acids is 7. The molecule has 5 fully saturated rings. The summed E-state index contributed by atoms with van der Waals surface area (Å²) in [4.78, 5) is 105. The molecule has 0 radical (unpaired) electrons. The Kier molecular flexibility index (Phi) is 35.6. The van der Waals surface area contributed by atoms with Crippen LogP contribution in [0, 0.1) is 45.9 Å². The maximum atomic E-state index is 12.4. The van der Waals surface area contributed by atoms with Gasteiger partial charge in [-0.2, -0.15) is 5.26 Å². The lowest BCUT2D eigenvalue weighted by atomic mass is 9.72. The van der Waals surface area contributed by atoms with Gasteiger partial charge in [-0.1, -0.05) is 125 Å². The molecule has 5 saturated heterocycles. The Balaban J connectivity index is 0.000000235. The van der Waals surface area contributed by atoms with Gasteiger partial charge in [0.25, 0.3) is 0 Å². The summed E-state index contributed by atoms with van der Waals surface area (Å²) in [5.74, 6) is -1.23. The van der Waals surface area contributed by atoms with Crippen LogP contribution in [0.15, 0.2) is 103 Å². The highest BCUT2D eigenvalue weighted by Gasteiger charge is 2.47. The molecule has 5 aromatic rings. The molecule has 0 aliphatic carbocycles. The van der Waals surface area contributed by atoms with Crippen molar-refractivity contribution in [3.8, 4) is 6.07 Å². The van der Waals surface area contributed by atoms with Crippen molar-refractivity contribution >= 4 is 107 Å². The first-order valence-electron chi connectivity index (χ1n) is 41.4. The fourth-order valence-corrected chi connectivity index (χ4v) is 15.5. The van der Waals surface area contributed by atoms with Gasteiger partial charge >= 0.3 is 42.4 Å². The van der Waals surface area contributed by atoms with E-state index in [0.29, 0.717) is 156 Å². The number of rotatable bonds is 11. The second-order valence-electron chi connectivity index (χ2n) is 37.2. The van der Waals surface area contributed by atoms with Crippen molar-refractivity contribution in [1.82, 2.24) is 24.5 Å². The fraction of sp³-hybridized carbons (Fsp3) is 0.564. The Labute approximate surface area is 742 Å². The summed E-state index contributed by atoms with van der Waals surface area (Å²) in [6.07, 6.45) is 8.71. The van der Waals surface area contributed by atoms with E-state index in [0.717, 1.165) is 66.9 Å². The third-order valence-corrected chi connectivity index (χ3v) is 24.3. The molecular weight excluding hydrogens is 1650 g/mol. The maximum Gasteiger partial charge on any atom is 0.410 e. The largest absolute Gasteiger partial charge is 0.481 e. The molecule has 5 aromatic carbocycles. The van der Waals surface area contributed by atoms with Gasteiger partial charge in [0.15, 0.2) is 0 Å². The third-order valence-electron chi connectivity index (χ3n) is 22.2. The number of hydrogen-bond donors (Lipinski definition) is 2. The van der Waals surface area contributed by atoms with Crippen LogP contribution in [-0.2, 0) is 69.9 Å². The Morgan fingerprint density at radius 3 is 0.967 bits per heavy atom. The van der Waals surface area contributed by atoms with Crippen LogP contribution in [0.4, 0.5) is 24.0 Å². The van der Waals surface area contributed by atoms with Crippen LogP contribution in [0.2, 0.25) is 25.1 Å². The number of nitrogens with zero attached hydrogens (tertiary/aromatic N) is 6. The number of carboxylic acid groups (broad SMARTS) is 1. The van der Waals surface area contributed by atoms with Gasteiger partial charge in [-0.25, -0.2) is 28.8 Å². The van der Waals surface area contributed by atoms with Crippen LogP contribution < -0.4 is 0 Å². The molecule has 0 saturated carbocycles. The lowest BCUT2D eigenvalue weighted by Crippen LogP contribution is -2.50. The minimum absolute atomic E-state index is 0.0657. The van der Waals surface area contributed by atoms with Gasteiger partial charge in [0.05, 0.1) is 35.5 Å². The van der Waals surface area contributed by atoms with Crippen LogP contribution in [0.5, 0.6) is 0 Å². The molecule has 2 N–H and O–H groups in total. The van der Waals surface area contributed by atoms with Gasteiger partial charge in [-0.15, -0.1) is 0 Å². The predicted molar refractivity (Wildman–Crippen MR) is 477 cm³/mol. The monoisotopic (exact) mass is 1770 g/mol. The number of amides is 5. The van der Waals surface area contributed by atoms with Crippen molar-refractivity contribution in [2.45, 2.75) is 265 Å².